The molecule has 0 aliphatic carbocycles. The van der Waals surface area contributed by atoms with Gasteiger partial charge in [-0.15, -0.1) is 0 Å². The summed E-state index contributed by atoms with van der Waals surface area (Å²) in [6.45, 7) is 9.94. The highest BCUT2D eigenvalue weighted by molar-refractivity contribution is 5.87. The molecule has 1 rings (SSSR count). The molecule has 0 saturated carbocycles. The summed E-state index contributed by atoms with van der Waals surface area (Å²) in [5, 5.41) is 8.85. The second-order valence-electron chi connectivity index (χ2n) is 5.16. The first-order valence-electron chi connectivity index (χ1n) is 7.11. The Hall–Kier alpha value is -1.35. The Kier molecular flexibility index (Phi) is 6.57. The molecule has 0 fully saturated rings. The molecule has 0 spiro atoms. The van der Waals surface area contributed by atoms with Crippen LogP contribution in [0, 0.1) is 5.92 Å². The Balaban J connectivity index is 2.48. The van der Waals surface area contributed by atoms with Gasteiger partial charge >= 0.3 is 5.97 Å². The van der Waals surface area contributed by atoms with Crippen LogP contribution in [0.4, 0.5) is 0 Å². The molecule has 19 heavy (non-hydrogen) atoms. The number of carbonyl (C=O) groups is 1. The standard InChI is InChI=1S/C16H25NO2/c1-4-13(3)12-17(5-2)11-10-14-6-8-15(9-7-14)16(18)19/h6-9,13H,4-5,10-12H2,1-3H3,(H,18,19). The van der Waals surface area contributed by atoms with Crippen LogP contribution >= 0.6 is 0 Å². The zero-order valence-corrected chi connectivity index (χ0v) is 12.2. The largest absolute Gasteiger partial charge is 0.478 e. The summed E-state index contributed by atoms with van der Waals surface area (Å²) in [4.78, 5) is 13.2. The molecule has 0 saturated heterocycles. The third kappa shape index (κ3) is 5.43. The molecule has 1 aromatic rings. The summed E-state index contributed by atoms with van der Waals surface area (Å²) in [5.74, 6) is -0.132. The molecule has 3 heteroatoms. The van der Waals surface area contributed by atoms with Gasteiger partial charge in [-0.3, -0.25) is 0 Å². The summed E-state index contributed by atoms with van der Waals surface area (Å²) < 4.78 is 0. The highest BCUT2D eigenvalue weighted by Gasteiger charge is 2.08. The minimum Gasteiger partial charge on any atom is -0.478 e. The van der Waals surface area contributed by atoms with Gasteiger partial charge in [0.05, 0.1) is 5.56 Å². The molecule has 106 valence electrons. The van der Waals surface area contributed by atoms with E-state index in [0.717, 1.165) is 32.0 Å². The van der Waals surface area contributed by atoms with Crippen molar-refractivity contribution < 1.29 is 9.90 Å². The van der Waals surface area contributed by atoms with Crippen molar-refractivity contribution in [3.63, 3.8) is 0 Å². The third-order valence-electron chi connectivity index (χ3n) is 3.63. The van der Waals surface area contributed by atoms with Crippen molar-refractivity contribution in [2.45, 2.75) is 33.6 Å². The molecule has 0 aliphatic rings. The second kappa shape index (κ2) is 7.95. The fourth-order valence-corrected chi connectivity index (χ4v) is 2.05. The second-order valence-corrected chi connectivity index (χ2v) is 5.16. The lowest BCUT2D eigenvalue weighted by atomic mass is 10.1. The van der Waals surface area contributed by atoms with Crippen molar-refractivity contribution in [3.8, 4) is 0 Å². The average molecular weight is 263 g/mol. The Morgan fingerprint density at radius 1 is 1.26 bits per heavy atom. The van der Waals surface area contributed by atoms with E-state index < -0.39 is 5.97 Å². The van der Waals surface area contributed by atoms with E-state index in [1.54, 1.807) is 12.1 Å². The van der Waals surface area contributed by atoms with Crippen molar-refractivity contribution in [3.05, 3.63) is 35.4 Å². The minimum atomic E-state index is -0.862. The number of carboxylic acids is 1. The summed E-state index contributed by atoms with van der Waals surface area (Å²) in [7, 11) is 0. The van der Waals surface area contributed by atoms with Crippen molar-refractivity contribution in [2.24, 2.45) is 5.92 Å². The van der Waals surface area contributed by atoms with Crippen LogP contribution in [0.15, 0.2) is 24.3 Å². The van der Waals surface area contributed by atoms with E-state index in [2.05, 4.69) is 25.7 Å². The Morgan fingerprint density at radius 3 is 2.37 bits per heavy atom. The average Bonchev–Trinajstić information content (AvgIpc) is 2.43. The third-order valence-corrected chi connectivity index (χ3v) is 3.63. The monoisotopic (exact) mass is 263 g/mol. The van der Waals surface area contributed by atoms with Crippen LogP contribution in [-0.2, 0) is 6.42 Å². The van der Waals surface area contributed by atoms with E-state index in [9.17, 15) is 4.79 Å². The molecule has 0 aliphatic heterocycles. The van der Waals surface area contributed by atoms with Crippen LogP contribution in [0.5, 0.6) is 0 Å². The van der Waals surface area contributed by atoms with Crippen LogP contribution < -0.4 is 0 Å². The van der Waals surface area contributed by atoms with E-state index in [4.69, 9.17) is 5.11 Å². The highest BCUT2D eigenvalue weighted by Crippen LogP contribution is 2.08. The van der Waals surface area contributed by atoms with E-state index in [1.807, 2.05) is 12.1 Å². The normalized spacial score (nSPS) is 12.6. The topological polar surface area (TPSA) is 40.5 Å². The predicted molar refractivity (Wildman–Crippen MR) is 78.7 cm³/mol. The first-order valence-corrected chi connectivity index (χ1v) is 7.11. The van der Waals surface area contributed by atoms with Gasteiger partial charge in [0.1, 0.15) is 0 Å². The van der Waals surface area contributed by atoms with Crippen LogP contribution in [0.2, 0.25) is 0 Å². The number of nitrogens with zero attached hydrogens (tertiary/aromatic N) is 1. The SMILES string of the molecule is CCC(C)CN(CC)CCc1ccc(C(=O)O)cc1. The van der Waals surface area contributed by atoms with E-state index in [-0.39, 0.29) is 0 Å². The van der Waals surface area contributed by atoms with E-state index in [0.29, 0.717) is 5.56 Å². The molecule has 1 atom stereocenters. The van der Waals surface area contributed by atoms with Crippen LogP contribution in [-0.4, -0.2) is 35.6 Å². The van der Waals surface area contributed by atoms with Crippen LogP contribution in [0.25, 0.3) is 0 Å². The molecular weight excluding hydrogens is 238 g/mol. The van der Waals surface area contributed by atoms with Gasteiger partial charge in [0.15, 0.2) is 0 Å². The summed E-state index contributed by atoms with van der Waals surface area (Å²) in [6, 6.07) is 7.20. The number of likely N-dealkylation sites (N-methyl/N-ethyl adjacent to an activating group) is 1. The molecule has 0 aromatic heterocycles. The lowest BCUT2D eigenvalue weighted by Crippen LogP contribution is -2.30. The Morgan fingerprint density at radius 2 is 1.89 bits per heavy atom. The zero-order valence-electron chi connectivity index (χ0n) is 12.2. The maximum atomic E-state index is 10.8. The van der Waals surface area contributed by atoms with Crippen LogP contribution in [0.3, 0.4) is 0 Å². The van der Waals surface area contributed by atoms with Crippen molar-refractivity contribution >= 4 is 5.97 Å². The number of hydrogen-bond donors (Lipinski definition) is 1. The molecule has 1 unspecified atom stereocenters. The zero-order chi connectivity index (χ0) is 14.3. The van der Waals surface area contributed by atoms with Crippen molar-refractivity contribution in [2.75, 3.05) is 19.6 Å². The molecule has 1 N–H and O–H groups in total. The number of aromatic carboxylic acids is 1. The van der Waals surface area contributed by atoms with Gasteiger partial charge in [0, 0.05) is 13.1 Å². The van der Waals surface area contributed by atoms with E-state index >= 15 is 0 Å². The van der Waals surface area contributed by atoms with E-state index in [1.165, 1.54) is 12.0 Å². The maximum absolute atomic E-state index is 10.8. The molecule has 0 heterocycles. The first kappa shape index (κ1) is 15.7. The first-order chi connectivity index (χ1) is 9.06. The maximum Gasteiger partial charge on any atom is 0.335 e. The lowest BCUT2D eigenvalue weighted by Gasteiger charge is -2.23. The van der Waals surface area contributed by atoms with Gasteiger partial charge in [-0.05, 0) is 36.6 Å². The van der Waals surface area contributed by atoms with Gasteiger partial charge in [-0.1, -0.05) is 39.3 Å². The number of carboxylic acid groups (broad SMARTS) is 1. The van der Waals surface area contributed by atoms with Gasteiger partial charge in [0.2, 0.25) is 0 Å². The fraction of sp³-hybridized carbons (Fsp3) is 0.562. The smallest absolute Gasteiger partial charge is 0.335 e. The number of benzene rings is 1. The number of rotatable bonds is 8. The quantitative estimate of drug-likeness (QED) is 0.782. The van der Waals surface area contributed by atoms with Gasteiger partial charge in [0.25, 0.3) is 0 Å². The molecule has 0 radical (unpaired) electrons. The van der Waals surface area contributed by atoms with Gasteiger partial charge in [-0.2, -0.15) is 0 Å². The van der Waals surface area contributed by atoms with Crippen molar-refractivity contribution in [1.82, 2.24) is 4.90 Å². The lowest BCUT2D eigenvalue weighted by molar-refractivity contribution is 0.0697. The highest BCUT2D eigenvalue weighted by atomic mass is 16.4. The molecule has 0 bridgehead atoms. The predicted octanol–water partition coefficient (Wildman–Crippen LogP) is 3.30. The summed E-state index contributed by atoms with van der Waals surface area (Å²) in [6.07, 6.45) is 2.19. The minimum absolute atomic E-state index is 0.357. The molecular formula is C16H25NO2. The fourth-order valence-electron chi connectivity index (χ4n) is 2.05. The summed E-state index contributed by atoms with van der Waals surface area (Å²) >= 11 is 0. The molecule has 0 amide bonds. The van der Waals surface area contributed by atoms with Crippen LogP contribution in [0.1, 0.15) is 43.1 Å². The Labute approximate surface area is 116 Å². The van der Waals surface area contributed by atoms with Gasteiger partial charge in [-0.25, -0.2) is 4.79 Å². The Bertz CT molecular complexity index is 386. The molecule has 3 nitrogen and oxygen atoms in total. The summed E-state index contributed by atoms with van der Waals surface area (Å²) in [5.41, 5.74) is 1.56. The van der Waals surface area contributed by atoms with Gasteiger partial charge < -0.3 is 10.0 Å². The molecule has 1 aromatic carbocycles. The van der Waals surface area contributed by atoms with Crippen molar-refractivity contribution in [1.29, 1.82) is 0 Å². The number of hydrogen-bond acceptors (Lipinski definition) is 2.